The second-order valence-corrected chi connectivity index (χ2v) is 7.01. The number of oxazole rings is 1. The average molecular weight is 445 g/mol. The molecule has 172 valence electrons. The van der Waals surface area contributed by atoms with Gasteiger partial charge in [0.15, 0.2) is 5.58 Å². The number of benzene rings is 2. The predicted molar refractivity (Wildman–Crippen MR) is 119 cm³/mol. The number of nitrogens with one attached hydrogen (secondary N) is 1. The van der Waals surface area contributed by atoms with Crippen molar-refractivity contribution in [3.8, 4) is 17.2 Å². The summed E-state index contributed by atoms with van der Waals surface area (Å²) >= 11 is 0. The van der Waals surface area contributed by atoms with E-state index in [9.17, 15) is 9.18 Å². The molecule has 1 aliphatic heterocycles. The zero-order valence-corrected chi connectivity index (χ0v) is 18.2. The maximum absolute atomic E-state index is 14.1. The molecule has 0 aliphatic carbocycles. The van der Waals surface area contributed by atoms with Crippen LogP contribution in [0.3, 0.4) is 0 Å². The molecule has 0 radical (unpaired) electrons. The van der Waals surface area contributed by atoms with Crippen LogP contribution in [0.15, 0.2) is 45.6 Å². The van der Waals surface area contributed by atoms with Crippen LogP contribution in [0.2, 0.25) is 0 Å². The summed E-state index contributed by atoms with van der Waals surface area (Å²) in [7, 11) is 2.63. The van der Waals surface area contributed by atoms with Gasteiger partial charge in [-0.3, -0.25) is 4.57 Å². The lowest BCUT2D eigenvalue weighted by Crippen LogP contribution is -2.26. The summed E-state index contributed by atoms with van der Waals surface area (Å²) in [4.78, 5) is 11.5. The summed E-state index contributed by atoms with van der Waals surface area (Å²) in [6.45, 7) is 2.72. The molecule has 1 fully saturated rings. The average Bonchev–Trinajstić information content (AvgIpc) is 2.95. The SMILES string of the molecule is CO.Cn1c(=O)oc2ccc(-c3ccc(CCC#N)c(F)c3)cc21.OC1CNCCOC1. The lowest BCUT2D eigenvalue weighted by molar-refractivity contribution is 0.0594. The highest BCUT2D eigenvalue weighted by atomic mass is 19.1. The summed E-state index contributed by atoms with van der Waals surface area (Å²) in [5, 5.41) is 27.5. The first kappa shape index (κ1) is 25.2. The largest absolute Gasteiger partial charge is 0.419 e. The number of halogens is 1. The molecule has 0 amide bonds. The van der Waals surface area contributed by atoms with Crippen LogP contribution in [-0.2, 0) is 18.2 Å². The van der Waals surface area contributed by atoms with Crippen LogP contribution >= 0.6 is 0 Å². The van der Waals surface area contributed by atoms with Gasteiger partial charge in [0.05, 0.1) is 30.9 Å². The maximum atomic E-state index is 14.1. The lowest BCUT2D eigenvalue weighted by Gasteiger charge is -2.06. The monoisotopic (exact) mass is 445 g/mol. The van der Waals surface area contributed by atoms with Gasteiger partial charge < -0.3 is 24.7 Å². The summed E-state index contributed by atoms with van der Waals surface area (Å²) in [5.41, 5.74) is 3.21. The first-order valence-corrected chi connectivity index (χ1v) is 10.2. The second-order valence-electron chi connectivity index (χ2n) is 7.01. The number of β-amino-alcohol motifs (C(OH)–C–C–N with tert-alkyl or cyclic N) is 1. The topological polar surface area (TPSA) is 121 Å². The van der Waals surface area contributed by atoms with Crippen molar-refractivity contribution in [3.63, 3.8) is 0 Å². The fourth-order valence-corrected chi connectivity index (χ4v) is 3.12. The molecule has 1 unspecified atom stereocenters. The molecule has 0 spiro atoms. The van der Waals surface area contributed by atoms with Gasteiger partial charge in [-0.25, -0.2) is 9.18 Å². The van der Waals surface area contributed by atoms with Crippen LogP contribution in [0.5, 0.6) is 0 Å². The number of aliphatic hydroxyl groups excluding tert-OH is 2. The van der Waals surface area contributed by atoms with Gasteiger partial charge >= 0.3 is 5.76 Å². The normalized spacial score (nSPS) is 15.6. The highest BCUT2D eigenvalue weighted by Gasteiger charge is 2.10. The van der Waals surface area contributed by atoms with Gasteiger partial charge in [0, 0.05) is 33.7 Å². The van der Waals surface area contributed by atoms with Crippen molar-refractivity contribution in [1.82, 2.24) is 9.88 Å². The fourth-order valence-electron chi connectivity index (χ4n) is 3.12. The molecule has 32 heavy (non-hydrogen) atoms. The number of nitriles is 1. The molecule has 2 aromatic carbocycles. The van der Waals surface area contributed by atoms with Gasteiger partial charge in [-0.15, -0.1) is 0 Å². The molecule has 1 saturated heterocycles. The molecule has 1 aromatic heterocycles. The molecule has 0 saturated carbocycles. The van der Waals surface area contributed by atoms with E-state index in [1.165, 1.54) is 10.6 Å². The van der Waals surface area contributed by atoms with E-state index in [2.05, 4.69) is 5.32 Å². The number of fused-ring (bicyclic) bond motifs is 1. The van der Waals surface area contributed by atoms with Gasteiger partial charge in [-0.2, -0.15) is 5.26 Å². The van der Waals surface area contributed by atoms with Crippen LogP contribution in [0.4, 0.5) is 4.39 Å². The van der Waals surface area contributed by atoms with Crippen molar-refractivity contribution < 1.29 is 23.8 Å². The minimum absolute atomic E-state index is 0.291. The Morgan fingerprint density at radius 1 is 1.25 bits per heavy atom. The molecular formula is C23H28FN3O5. The Morgan fingerprint density at radius 2 is 1.97 bits per heavy atom. The molecule has 1 aliphatic rings. The van der Waals surface area contributed by atoms with Crippen LogP contribution in [0, 0.1) is 17.1 Å². The number of aryl methyl sites for hydroxylation is 2. The molecule has 8 nitrogen and oxygen atoms in total. The smallest absolute Gasteiger partial charge is 0.408 e. The minimum atomic E-state index is -0.426. The van der Waals surface area contributed by atoms with E-state index in [0.717, 1.165) is 25.8 Å². The highest BCUT2D eigenvalue weighted by molar-refractivity contribution is 5.80. The minimum Gasteiger partial charge on any atom is -0.408 e. The van der Waals surface area contributed by atoms with Crippen LogP contribution in [0.25, 0.3) is 22.2 Å². The Kier molecular flexibility index (Phi) is 10.0. The lowest BCUT2D eigenvalue weighted by atomic mass is 10.0. The van der Waals surface area contributed by atoms with E-state index in [4.69, 9.17) is 24.6 Å². The number of ether oxygens (including phenoxy) is 1. The fraction of sp³-hybridized carbons (Fsp3) is 0.391. The number of aliphatic hydroxyl groups is 2. The van der Waals surface area contributed by atoms with E-state index in [0.29, 0.717) is 48.2 Å². The third-order valence-corrected chi connectivity index (χ3v) is 4.80. The highest BCUT2D eigenvalue weighted by Crippen LogP contribution is 2.26. The summed E-state index contributed by atoms with van der Waals surface area (Å²) in [5.74, 6) is -0.751. The first-order valence-electron chi connectivity index (χ1n) is 10.2. The standard InChI is InChI=1S/C17H13FN2O2.C5H11NO2.CH4O/c1-20-15-10-13(6-7-16(15)22-17(20)21)12-5-4-11(3-2-8-19)14(18)9-12;7-5-3-6-1-2-8-4-5;1-2/h4-7,9-10H,2-3H2,1H3;5-7H,1-4H2;2H,1H3. The summed E-state index contributed by atoms with van der Waals surface area (Å²) in [6, 6.07) is 12.3. The van der Waals surface area contributed by atoms with Crippen molar-refractivity contribution in [2.24, 2.45) is 7.05 Å². The molecule has 3 N–H and O–H groups in total. The van der Waals surface area contributed by atoms with Crippen molar-refractivity contribution in [2.45, 2.75) is 18.9 Å². The maximum Gasteiger partial charge on any atom is 0.419 e. The van der Waals surface area contributed by atoms with E-state index < -0.39 is 5.76 Å². The third-order valence-electron chi connectivity index (χ3n) is 4.80. The first-order chi connectivity index (χ1) is 15.5. The van der Waals surface area contributed by atoms with E-state index >= 15 is 0 Å². The third kappa shape index (κ3) is 6.73. The second kappa shape index (κ2) is 12.7. The van der Waals surface area contributed by atoms with Crippen molar-refractivity contribution in [2.75, 3.05) is 33.4 Å². The number of nitrogens with zero attached hydrogens (tertiary/aromatic N) is 2. The van der Waals surface area contributed by atoms with Crippen molar-refractivity contribution in [1.29, 1.82) is 5.26 Å². The zero-order valence-electron chi connectivity index (χ0n) is 18.2. The quantitative estimate of drug-likeness (QED) is 0.564. The van der Waals surface area contributed by atoms with Crippen LogP contribution in [0.1, 0.15) is 12.0 Å². The Hall–Kier alpha value is -3.03. The molecule has 3 aromatic rings. The Morgan fingerprint density at radius 3 is 2.69 bits per heavy atom. The number of hydrogen-bond acceptors (Lipinski definition) is 7. The Labute approximate surface area is 185 Å². The predicted octanol–water partition coefficient (Wildman–Crippen LogP) is 1.97. The number of hydrogen-bond donors (Lipinski definition) is 3. The molecule has 9 heteroatoms. The number of rotatable bonds is 3. The van der Waals surface area contributed by atoms with Gasteiger partial charge in [-0.05, 0) is 41.3 Å². The zero-order chi connectivity index (χ0) is 23.5. The van der Waals surface area contributed by atoms with E-state index in [1.54, 1.807) is 31.3 Å². The van der Waals surface area contributed by atoms with Gasteiger partial charge in [0.1, 0.15) is 5.82 Å². The Bertz CT molecular complexity index is 1100. The molecule has 2 heterocycles. The summed E-state index contributed by atoms with van der Waals surface area (Å²) in [6.07, 6.45) is 0.384. The molecule has 1 atom stereocenters. The van der Waals surface area contributed by atoms with Gasteiger partial charge in [0.2, 0.25) is 0 Å². The van der Waals surface area contributed by atoms with Crippen molar-refractivity contribution >= 4 is 11.1 Å². The number of aromatic nitrogens is 1. The summed E-state index contributed by atoms with van der Waals surface area (Å²) < 4.78 is 25.6. The van der Waals surface area contributed by atoms with Crippen LogP contribution < -0.4 is 11.1 Å². The molecule has 4 rings (SSSR count). The van der Waals surface area contributed by atoms with Crippen molar-refractivity contribution in [3.05, 3.63) is 58.3 Å². The molecular weight excluding hydrogens is 417 g/mol. The van der Waals surface area contributed by atoms with Gasteiger partial charge in [0.25, 0.3) is 0 Å². The van der Waals surface area contributed by atoms with E-state index in [1.807, 2.05) is 12.1 Å². The molecule has 0 bridgehead atoms. The Balaban J connectivity index is 0.000000304. The van der Waals surface area contributed by atoms with Gasteiger partial charge in [-0.1, -0.05) is 18.2 Å². The van der Waals surface area contributed by atoms with Crippen LogP contribution in [-0.4, -0.2) is 54.3 Å². The van der Waals surface area contributed by atoms with E-state index in [-0.39, 0.29) is 11.9 Å².